The highest BCUT2D eigenvalue weighted by Gasteiger charge is 2.37. The van der Waals surface area contributed by atoms with E-state index in [0.717, 1.165) is 22.3 Å². The van der Waals surface area contributed by atoms with Gasteiger partial charge in [-0.15, -0.1) is 0 Å². The zero-order valence-electron chi connectivity index (χ0n) is 15.5. The van der Waals surface area contributed by atoms with Crippen molar-refractivity contribution in [3.8, 4) is 0 Å². The van der Waals surface area contributed by atoms with Crippen LogP contribution in [-0.4, -0.2) is 30.0 Å². The molecule has 3 rings (SSSR count). The van der Waals surface area contributed by atoms with Crippen LogP contribution < -0.4 is 10.2 Å². The summed E-state index contributed by atoms with van der Waals surface area (Å²) in [6, 6.07) is 9.97. The predicted octanol–water partition coefficient (Wildman–Crippen LogP) is 4.53. The summed E-state index contributed by atoms with van der Waals surface area (Å²) in [5.41, 5.74) is 1.22. The van der Waals surface area contributed by atoms with E-state index in [0.29, 0.717) is 5.70 Å². The number of carbonyl (C=O) groups excluding carboxylic acids is 1. The molecule has 0 saturated carbocycles. The van der Waals surface area contributed by atoms with E-state index in [4.69, 9.17) is 12.2 Å². The van der Waals surface area contributed by atoms with Crippen LogP contribution in [0.25, 0.3) is 0 Å². The van der Waals surface area contributed by atoms with E-state index in [1.165, 1.54) is 11.0 Å². The maximum atomic E-state index is 14.5. The molecule has 1 aliphatic heterocycles. The summed E-state index contributed by atoms with van der Waals surface area (Å²) >= 11 is 8.92. The first kappa shape index (κ1) is 20.4. The van der Waals surface area contributed by atoms with Crippen molar-refractivity contribution in [2.24, 2.45) is 0 Å². The number of thiocarbonyl (C=S) groups is 1. The number of carbonyl (C=O) groups is 1. The van der Waals surface area contributed by atoms with Crippen molar-refractivity contribution < 1.29 is 13.6 Å². The lowest BCUT2D eigenvalue weighted by molar-refractivity contribution is -0.125. The number of nitrogens with zero attached hydrogens (tertiary/aromatic N) is 2. The largest absolute Gasteiger partial charge is 0.351 e. The average molecular weight is 466 g/mol. The molecule has 28 heavy (non-hydrogen) atoms. The highest BCUT2D eigenvalue weighted by molar-refractivity contribution is 9.10. The Balaban J connectivity index is 2.23. The number of hydrogen-bond acceptors (Lipinski definition) is 2. The topological polar surface area (TPSA) is 35.6 Å². The Bertz CT molecular complexity index is 973. The van der Waals surface area contributed by atoms with Crippen molar-refractivity contribution in [2.75, 3.05) is 19.0 Å². The predicted molar refractivity (Wildman–Crippen MR) is 113 cm³/mol. The van der Waals surface area contributed by atoms with E-state index < -0.39 is 17.7 Å². The van der Waals surface area contributed by atoms with Gasteiger partial charge < -0.3 is 10.2 Å². The summed E-state index contributed by atoms with van der Waals surface area (Å²) in [4.78, 5) is 16.0. The third kappa shape index (κ3) is 3.66. The van der Waals surface area contributed by atoms with Crippen molar-refractivity contribution in [3.05, 3.63) is 75.4 Å². The van der Waals surface area contributed by atoms with Crippen LogP contribution in [0, 0.1) is 11.6 Å². The summed E-state index contributed by atoms with van der Waals surface area (Å²) in [6.45, 7) is 1.72. The smallest absolute Gasteiger partial charge is 0.253 e. The highest BCUT2D eigenvalue weighted by atomic mass is 79.9. The first-order chi connectivity index (χ1) is 13.2. The number of allylic oxidation sites excluding steroid dienone is 1. The summed E-state index contributed by atoms with van der Waals surface area (Å²) in [6.07, 6.45) is 0. The van der Waals surface area contributed by atoms with Crippen molar-refractivity contribution in [3.63, 3.8) is 0 Å². The van der Waals surface area contributed by atoms with Crippen LogP contribution in [0.5, 0.6) is 0 Å². The second-order valence-corrected chi connectivity index (χ2v) is 7.83. The van der Waals surface area contributed by atoms with Gasteiger partial charge in [0.25, 0.3) is 5.91 Å². The summed E-state index contributed by atoms with van der Waals surface area (Å²) in [7, 11) is 3.18. The van der Waals surface area contributed by atoms with Gasteiger partial charge in [0.05, 0.1) is 17.2 Å². The second kappa shape index (κ2) is 7.97. The number of halogens is 3. The van der Waals surface area contributed by atoms with E-state index in [9.17, 15) is 13.6 Å². The lowest BCUT2D eigenvalue weighted by atomic mass is 9.93. The molecule has 0 spiro atoms. The minimum Gasteiger partial charge on any atom is -0.351 e. The van der Waals surface area contributed by atoms with Crippen molar-refractivity contribution in [1.82, 2.24) is 10.2 Å². The Kier molecular flexibility index (Phi) is 5.81. The van der Waals surface area contributed by atoms with Gasteiger partial charge >= 0.3 is 0 Å². The minimum absolute atomic E-state index is 0.225. The molecule has 0 saturated heterocycles. The van der Waals surface area contributed by atoms with Gasteiger partial charge in [-0.2, -0.15) is 0 Å². The van der Waals surface area contributed by atoms with Crippen LogP contribution in [0.2, 0.25) is 0 Å². The van der Waals surface area contributed by atoms with E-state index in [1.807, 2.05) is 24.3 Å². The van der Waals surface area contributed by atoms with Crippen LogP contribution in [0.1, 0.15) is 18.5 Å². The summed E-state index contributed by atoms with van der Waals surface area (Å²) < 4.78 is 29.9. The Morgan fingerprint density at radius 1 is 1.18 bits per heavy atom. The first-order valence-electron chi connectivity index (χ1n) is 8.45. The fourth-order valence-electron chi connectivity index (χ4n) is 3.19. The molecule has 0 aromatic heterocycles. The lowest BCUT2D eigenvalue weighted by Crippen LogP contribution is -2.49. The fraction of sp³-hybridized carbons (Fsp3) is 0.200. The number of rotatable bonds is 3. The molecule has 0 radical (unpaired) electrons. The monoisotopic (exact) mass is 465 g/mol. The zero-order valence-corrected chi connectivity index (χ0v) is 17.9. The van der Waals surface area contributed by atoms with Gasteiger partial charge in [0.1, 0.15) is 11.6 Å². The molecule has 1 amide bonds. The number of likely N-dealkylation sites (N-methyl/N-ethyl adjacent to an activating group) is 1. The number of hydrogen-bond donors (Lipinski definition) is 1. The quantitative estimate of drug-likeness (QED) is 0.675. The van der Waals surface area contributed by atoms with Gasteiger partial charge in [-0.3, -0.25) is 9.69 Å². The van der Waals surface area contributed by atoms with E-state index in [-0.39, 0.29) is 22.2 Å². The summed E-state index contributed by atoms with van der Waals surface area (Å²) in [5, 5.41) is 3.20. The Morgan fingerprint density at radius 2 is 1.79 bits per heavy atom. The maximum Gasteiger partial charge on any atom is 0.253 e. The Labute approximate surface area is 176 Å². The minimum atomic E-state index is -1.04. The van der Waals surface area contributed by atoms with Crippen molar-refractivity contribution in [1.29, 1.82) is 0 Å². The molecule has 0 bridgehead atoms. The van der Waals surface area contributed by atoms with Crippen LogP contribution in [-0.2, 0) is 4.79 Å². The van der Waals surface area contributed by atoms with Gasteiger partial charge in [0.2, 0.25) is 0 Å². The fourth-order valence-corrected chi connectivity index (χ4v) is 3.94. The van der Waals surface area contributed by atoms with Crippen molar-refractivity contribution >= 4 is 44.9 Å². The molecule has 2 aromatic carbocycles. The molecule has 8 heteroatoms. The molecule has 1 N–H and O–H groups in total. The molecule has 1 aliphatic rings. The van der Waals surface area contributed by atoms with Crippen LogP contribution in [0.3, 0.4) is 0 Å². The zero-order chi connectivity index (χ0) is 20.6. The average Bonchev–Trinajstić information content (AvgIpc) is 2.61. The van der Waals surface area contributed by atoms with Crippen LogP contribution >= 0.6 is 28.1 Å². The van der Waals surface area contributed by atoms with Gasteiger partial charge in [-0.1, -0.05) is 28.1 Å². The van der Waals surface area contributed by atoms with Gasteiger partial charge in [-0.05, 0) is 49.5 Å². The molecule has 1 atom stereocenters. The molecule has 2 aromatic rings. The second-order valence-electron chi connectivity index (χ2n) is 6.53. The van der Waals surface area contributed by atoms with E-state index >= 15 is 0 Å². The lowest BCUT2D eigenvalue weighted by Gasteiger charge is -2.38. The standard InChI is InChI=1S/C20H18BrF2N3OS/c1-11-16(19(27)25(2)3)18(17-14(22)8-5-9-15(17)23)24-20(28)26(11)13-7-4-6-12(21)10-13/h4-10,18H,1-3H3,(H,24,28). The third-order valence-corrected chi connectivity index (χ3v) is 5.27. The van der Waals surface area contributed by atoms with Crippen LogP contribution in [0.15, 0.2) is 58.2 Å². The highest BCUT2D eigenvalue weighted by Crippen LogP contribution is 2.36. The SMILES string of the molecule is CC1=C(C(=O)N(C)C)C(c2c(F)cccc2F)NC(=S)N1c1cccc(Br)c1. The number of nitrogens with one attached hydrogen (secondary N) is 1. The molecule has 4 nitrogen and oxygen atoms in total. The molecular formula is C20H18BrF2N3OS. The van der Waals surface area contributed by atoms with E-state index in [1.54, 1.807) is 25.9 Å². The van der Waals surface area contributed by atoms with Crippen LogP contribution in [0.4, 0.5) is 14.5 Å². The molecule has 0 aliphatic carbocycles. The normalized spacial score (nSPS) is 16.9. The Hall–Kier alpha value is -2.32. The molecule has 0 fully saturated rings. The van der Waals surface area contributed by atoms with Gasteiger partial charge in [-0.25, -0.2) is 8.78 Å². The Morgan fingerprint density at radius 3 is 2.36 bits per heavy atom. The molecule has 146 valence electrons. The van der Waals surface area contributed by atoms with Gasteiger partial charge in [0.15, 0.2) is 5.11 Å². The summed E-state index contributed by atoms with van der Waals surface area (Å²) in [5.74, 6) is -1.85. The number of benzene rings is 2. The van der Waals surface area contributed by atoms with Crippen molar-refractivity contribution in [2.45, 2.75) is 13.0 Å². The van der Waals surface area contributed by atoms with Gasteiger partial charge in [0, 0.05) is 30.0 Å². The number of amides is 1. The number of anilines is 1. The maximum absolute atomic E-state index is 14.5. The third-order valence-electron chi connectivity index (χ3n) is 4.48. The molecule has 1 heterocycles. The molecular weight excluding hydrogens is 448 g/mol. The van der Waals surface area contributed by atoms with E-state index in [2.05, 4.69) is 21.2 Å². The first-order valence-corrected chi connectivity index (χ1v) is 9.65. The molecule has 1 unspecified atom stereocenters.